The standard InChI is InChI=1S/C11H19N3O/c15-11(9-5-7-12-8-6-9)14-13-10-3-1-2-4-10/h9,12H,1-8H2,(H,14,15). The number of amides is 1. The minimum atomic E-state index is 0.107. The molecule has 1 saturated heterocycles. The van der Waals surface area contributed by atoms with Crippen molar-refractivity contribution in [2.45, 2.75) is 38.5 Å². The molecule has 0 aromatic carbocycles. The third-order valence-corrected chi connectivity index (χ3v) is 3.21. The Morgan fingerprint density at radius 2 is 1.93 bits per heavy atom. The normalized spacial score (nSPS) is 22.8. The number of piperidine rings is 1. The zero-order valence-corrected chi connectivity index (χ0v) is 9.09. The maximum absolute atomic E-state index is 11.7. The summed E-state index contributed by atoms with van der Waals surface area (Å²) in [4.78, 5) is 11.7. The van der Waals surface area contributed by atoms with Gasteiger partial charge in [0.25, 0.3) is 0 Å². The van der Waals surface area contributed by atoms with Crippen molar-refractivity contribution in [3.05, 3.63) is 0 Å². The van der Waals surface area contributed by atoms with Crippen LogP contribution in [-0.2, 0) is 4.79 Å². The van der Waals surface area contributed by atoms with Gasteiger partial charge in [-0.1, -0.05) is 0 Å². The van der Waals surface area contributed by atoms with Crippen LogP contribution in [0, 0.1) is 5.92 Å². The van der Waals surface area contributed by atoms with Crippen molar-refractivity contribution in [2.75, 3.05) is 13.1 Å². The first-order valence-electron chi connectivity index (χ1n) is 5.92. The van der Waals surface area contributed by atoms with E-state index in [1.165, 1.54) is 12.8 Å². The van der Waals surface area contributed by atoms with Crippen LogP contribution in [0.3, 0.4) is 0 Å². The molecule has 0 atom stereocenters. The van der Waals surface area contributed by atoms with Gasteiger partial charge in [0.1, 0.15) is 0 Å². The summed E-state index contributed by atoms with van der Waals surface area (Å²) in [6.07, 6.45) is 6.45. The highest BCUT2D eigenvalue weighted by atomic mass is 16.2. The number of carbonyl (C=O) groups is 1. The molecule has 0 unspecified atom stereocenters. The van der Waals surface area contributed by atoms with Crippen LogP contribution in [0.5, 0.6) is 0 Å². The van der Waals surface area contributed by atoms with E-state index in [9.17, 15) is 4.79 Å². The number of hydrogen-bond acceptors (Lipinski definition) is 3. The van der Waals surface area contributed by atoms with Crippen LogP contribution in [0.1, 0.15) is 38.5 Å². The lowest BCUT2D eigenvalue weighted by molar-refractivity contribution is -0.125. The highest BCUT2D eigenvalue weighted by Gasteiger charge is 2.20. The maximum Gasteiger partial charge on any atom is 0.243 e. The fourth-order valence-electron chi connectivity index (χ4n) is 2.20. The predicted octanol–water partition coefficient (Wildman–Crippen LogP) is 1.03. The summed E-state index contributed by atoms with van der Waals surface area (Å²) in [5, 5.41) is 7.45. The average molecular weight is 209 g/mol. The highest BCUT2D eigenvalue weighted by Crippen LogP contribution is 2.15. The molecule has 0 bridgehead atoms. The summed E-state index contributed by atoms with van der Waals surface area (Å²) in [5.74, 6) is 0.271. The second-order valence-corrected chi connectivity index (χ2v) is 4.39. The third kappa shape index (κ3) is 3.02. The molecule has 4 nitrogen and oxygen atoms in total. The SMILES string of the molecule is O=C(NN=C1CCCC1)C1CCNCC1. The second-order valence-electron chi connectivity index (χ2n) is 4.39. The highest BCUT2D eigenvalue weighted by molar-refractivity contribution is 5.88. The van der Waals surface area contributed by atoms with Gasteiger partial charge >= 0.3 is 0 Å². The van der Waals surface area contributed by atoms with E-state index in [1.807, 2.05) is 0 Å². The van der Waals surface area contributed by atoms with Crippen LogP contribution in [0.25, 0.3) is 0 Å². The van der Waals surface area contributed by atoms with Gasteiger partial charge in [-0.15, -0.1) is 0 Å². The van der Waals surface area contributed by atoms with Crippen LogP contribution in [0.15, 0.2) is 5.10 Å². The van der Waals surface area contributed by atoms with E-state index in [0.717, 1.165) is 44.5 Å². The summed E-state index contributed by atoms with van der Waals surface area (Å²) >= 11 is 0. The molecule has 1 aliphatic carbocycles. The Morgan fingerprint density at radius 3 is 2.60 bits per heavy atom. The molecule has 2 rings (SSSR count). The summed E-state index contributed by atoms with van der Waals surface area (Å²) in [6.45, 7) is 1.91. The van der Waals surface area contributed by atoms with Crippen molar-refractivity contribution >= 4 is 11.6 Å². The monoisotopic (exact) mass is 209 g/mol. The molecule has 0 radical (unpaired) electrons. The Kier molecular flexibility index (Phi) is 3.72. The first-order valence-corrected chi connectivity index (χ1v) is 5.92. The molecule has 1 aliphatic heterocycles. The Bertz CT molecular complexity index is 249. The molecule has 0 aromatic heterocycles. The maximum atomic E-state index is 11.7. The van der Waals surface area contributed by atoms with Gasteiger partial charge < -0.3 is 5.32 Å². The molecular formula is C11H19N3O. The first kappa shape index (κ1) is 10.6. The van der Waals surface area contributed by atoms with Crippen LogP contribution >= 0.6 is 0 Å². The number of nitrogens with one attached hydrogen (secondary N) is 2. The fourth-order valence-corrected chi connectivity index (χ4v) is 2.20. The molecule has 2 fully saturated rings. The van der Waals surface area contributed by atoms with Crippen LogP contribution in [0.2, 0.25) is 0 Å². The minimum absolute atomic E-state index is 0.107. The smallest absolute Gasteiger partial charge is 0.243 e. The predicted molar refractivity (Wildman–Crippen MR) is 59.6 cm³/mol. The van der Waals surface area contributed by atoms with E-state index < -0.39 is 0 Å². The van der Waals surface area contributed by atoms with Crippen molar-refractivity contribution in [2.24, 2.45) is 11.0 Å². The van der Waals surface area contributed by atoms with Crippen LogP contribution in [0.4, 0.5) is 0 Å². The molecular weight excluding hydrogens is 190 g/mol. The number of nitrogens with zero attached hydrogens (tertiary/aromatic N) is 1. The second kappa shape index (κ2) is 5.26. The molecule has 1 saturated carbocycles. The molecule has 84 valence electrons. The Labute approximate surface area is 90.5 Å². The zero-order valence-electron chi connectivity index (χ0n) is 9.09. The molecule has 4 heteroatoms. The summed E-state index contributed by atoms with van der Waals surface area (Å²) in [7, 11) is 0. The van der Waals surface area contributed by atoms with Gasteiger partial charge in [0.05, 0.1) is 0 Å². The van der Waals surface area contributed by atoms with E-state index >= 15 is 0 Å². The largest absolute Gasteiger partial charge is 0.317 e. The molecule has 15 heavy (non-hydrogen) atoms. The van der Waals surface area contributed by atoms with E-state index in [4.69, 9.17) is 0 Å². The quantitative estimate of drug-likeness (QED) is 0.667. The fraction of sp³-hybridized carbons (Fsp3) is 0.818. The van der Waals surface area contributed by atoms with Crippen LogP contribution < -0.4 is 10.7 Å². The Hall–Kier alpha value is -0.900. The summed E-state index contributed by atoms with van der Waals surface area (Å²) < 4.78 is 0. The lowest BCUT2D eigenvalue weighted by atomic mass is 9.98. The molecule has 0 spiro atoms. The van der Waals surface area contributed by atoms with Gasteiger partial charge in [-0.25, -0.2) is 5.43 Å². The van der Waals surface area contributed by atoms with Crippen molar-refractivity contribution < 1.29 is 4.79 Å². The summed E-state index contributed by atoms with van der Waals surface area (Å²) in [5.41, 5.74) is 3.88. The van der Waals surface area contributed by atoms with E-state index in [1.54, 1.807) is 0 Å². The first-order chi connectivity index (χ1) is 7.36. The van der Waals surface area contributed by atoms with Gasteiger partial charge in [-0.05, 0) is 51.6 Å². The number of hydrogen-bond donors (Lipinski definition) is 2. The van der Waals surface area contributed by atoms with Crippen molar-refractivity contribution in [1.29, 1.82) is 0 Å². The molecule has 0 aromatic rings. The number of rotatable bonds is 2. The lowest BCUT2D eigenvalue weighted by Crippen LogP contribution is -2.36. The van der Waals surface area contributed by atoms with Gasteiger partial charge in [0, 0.05) is 11.6 Å². The molecule has 2 aliphatic rings. The minimum Gasteiger partial charge on any atom is -0.317 e. The van der Waals surface area contributed by atoms with E-state index in [2.05, 4.69) is 15.8 Å². The van der Waals surface area contributed by atoms with Gasteiger partial charge in [-0.2, -0.15) is 5.10 Å². The average Bonchev–Trinajstić information content (AvgIpc) is 2.80. The summed E-state index contributed by atoms with van der Waals surface area (Å²) in [6, 6.07) is 0. The van der Waals surface area contributed by atoms with Crippen LogP contribution in [-0.4, -0.2) is 24.7 Å². The van der Waals surface area contributed by atoms with Gasteiger partial charge in [0.15, 0.2) is 0 Å². The van der Waals surface area contributed by atoms with E-state index in [-0.39, 0.29) is 11.8 Å². The topological polar surface area (TPSA) is 53.5 Å². The van der Waals surface area contributed by atoms with E-state index in [0.29, 0.717) is 0 Å². The van der Waals surface area contributed by atoms with Gasteiger partial charge in [0.2, 0.25) is 5.91 Å². The Morgan fingerprint density at radius 1 is 1.27 bits per heavy atom. The molecule has 1 heterocycles. The zero-order chi connectivity index (χ0) is 10.5. The van der Waals surface area contributed by atoms with Crippen molar-refractivity contribution in [3.8, 4) is 0 Å². The number of hydrazone groups is 1. The Balaban J connectivity index is 1.78. The lowest BCUT2D eigenvalue weighted by Gasteiger charge is -2.20. The van der Waals surface area contributed by atoms with Gasteiger partial charge in [-0.3, -0.25) is 4.79 Å². The van der Waals surface area contributed by atoms with Crippen molar-refractivity contribution in [3.63, 3.8) is 0 Å². The van der Waals surface area contributed by atoms with Crippen molar-refractivity contribution in [1.82, 2.24) is 10.7 Å². The number of carbonyl (C=O) groups excluding carboxylic acids is 1. The third-order valence-electron chi connectivity index (χ3n) is 3.21. The molecule has 1 amide bonds. The molecule has 2 N–H and O–H groups in total.